The average molecular weight is 258 g/mol. The largest absolute Gasteiger partial charge is 0.338 e. The Balaban J connectivity index is 2.33. The summed E-state index contributed by atoms with van der Waals surface area (Å²) in [4.78, 5) is 28.5. The fourth-order valence-corrected chi connectivity index (χ4v) is 2.35. The van der Waals surface area contributed by atoms with Crippen LogP contribution in [0.15, 0.2) is 33.9 Å². The lowest BCUT2D eigenvalue weighted by molar-refractivity contribution is 0.769. The molecule has 6 nitrogen and oxygen atoms in total. The molecule has 0 aliphatic carbocycles. The van der Waals surface area contributed by atoms with Gasteiger partial charge < -0.3 is 10.2 Å². The van der Waals surface area contributed by atoms with Gasteiger partial charge in [-0.3, -0.25) is 14.3 Å². The minimum atomic E-state index is -0.424. The highest BCUT2D eigenvalue weighted by Crippen LogP contribution is 2.39. The molecular weight excluding hydrogens is 244 g/mol. The van der Waals surface area contributed by atoms with Gasteiger partial charge in [-0.15, -0.1) is 0 Å². The molecule has 3 rings (SSSR count). The molecule has 1 aromatic heterocycles. The second-order valence-electron chi connectivity index (χ2n) is 4.40. The van der Waals surface area contributed by atoms with Crippen LogP contribution in [0.5, 0.6) is 0 Å². The van der Waals surface area contributed by atoms with Gasteiger partial charge in [-0.05, 0) is 19.1 Å². The molecule has 0 saturated heterocycles. The Hall–Kier alpha value is -2.50. The summed E-state index contributed by atoms with van der Waals surface area (Å²) in [5.41, 5.74) is 1.56. The molecule has 0 unspecified atom stereocenters. The molecular formula is C13H14N4O2. The van der Waals surface area contributed by atoms with Crippen molar-refractivity contribution in [3.63, 3.8) is 0 Å². The number of fused-ring (bicyclic) bond motifs is 2. The lowest BCUT2D eigenvalue weighted by Gasteiger charge is -2.31. The van der Waals surface area contributed by atoms with E-state index in [4.69, 9.17) is 0 Å². The van der Waals surface area contributed by atoms with Crippen LogP contribution in [0.2, 0.25) is 0 Å². The number of anilines is 4. The van der Waals surface area contributed by atoms with Crippen molar-refractivity contribution in [3.8, 4) is 0 Å². The summed E-state index contributed by atoms with van der Waals surface area (Å²) in [7, 11) is 1.47. The van der Waals surface area contributed by atoms with Gasteiger partial charge in [-0.1, -0.05) is 12.1 Å². The molecule has 2 N–H and O–H groups in total. The zero-order valence-corrected chi connectivity index (χ0v) is 10.7. The third kappa shape index (κ3) is 1.56. The first-order chi connectivity index (χ1) is 9.13. The minimum absolute atomic E-state index is 0.303. The lowest BCUT2D eigenvalue weighted by Crippen LogP contribution is -2.39. The van der Waals surface area contributed by atoms with E-state index in [1.807, 2.05) is 36.1 Å². The quantitative estimate of drug-likeness (QED) is 0.808. The summed E-state index contributed by atoms with van der Waals surface area (Å²) in [6.07, 6.45) is 0. The maximum atomic E-state index is 12.3. The van der Waals surface area contributed by atoms with Gasteiger partial charge in [0.1, 0.15) is 11.5 Å². The maximum absolute atomic E-state index is 12.3. The van der Waals surface area contributed by atoms with Crippen LogP contribution in [-0.2, 0) is 7.05 Å². The van der Waals surface area contributed by atoms with Crippen molar-refractivity contribution in [3.05, 3.63) is 45.1 Å². The van der Waals surface area contributed by atoms with Crippen molar-refractivity contribution in [2.24, 2.45) is 7.05 Å². The normalized spacial score (nSPS) is 12.6. The number of rotatable bonds is 1. The number of nitrogens with one attached hydrogen (secondary N) is 2. The predicted molar refractivity (Wildman–Crippen MR) is 74.7 cm³/mol. The number of aromatic amines is 1. The summed E-state index contributed by atoms with van der Waals surface area (Å²) in [6.45, 7) is 2.61. The number of nitrogens with zero attached hydrogens (tertiary/aromatic N) is 2. The van der Waals surface area contributed by atoms with Crippen molar-refractivity contribution in [2.45, 2.75) is 6.92 Å². The van der Waals surface area contributed by atoms with Crippen molar-refractivity contribution < 1.29 is 0 Å². The van der Waals surface area contributed by atoms with Crippen LogP contribution in [0.1, 0.15) is 6.92 Å². The van der Waals surface area contributed by atoms with Gasteiger partial charge in [-0.25, -0.2) is 4.79 Å². The van der Waals surface area contributed by atoms with E-state index >= 15 is 0 Å². The van der Waals surface area contributed by atoms with Crippen LogP contribution in [0.25, 0.3) is 0 Å². The molecule has 0 amide bonds. The molecule has 2 aromatic rings. The van der Waals surface area contributed by atoms with Crippen LogP contribution < -0.4 is 21.5 Å². The van der Waals surface area contributed by atoms with E-state index in [1.54, 1.807) is 0 Å². The number of H-pyrrole nitrogens is 1. The van der Waals surface area contributed by atoms with Crippen LogP contribution in [0.3, 0.4) is 0 Å². The molecule has 0 spiro atoms. The van der Waals surface area contributed by atoms with E-state index in [2.05, 4.69) is 10.3 Å². The molecule has 0 radical (unpaired) electrons. The van der Waals surface area contributed by atoms with Crippen LogP contribution in [-0.4, -0.2) is 16.1 Å². The number of hydrogen-bond acceptors (Lipinski definition) is 4. The van der Waals surface area contributed by atoms with Crippen molar-refractivity contribution in [2.75, 3.05) is 16.8 Å². The molecule has 19 heavy (non-hydrogen) atoms. The highest BCUT2D eigenvalue weighted by molar-refractivity contribution is 5.89. The molecule has 2 heterocycles. The average Bonchev–Trinajstić information content (AvgIpc) is 2.42. The second-order valence-corrected chi connectivity index (χ2v) is 4.40. The minimum Gasteiger partial charge on any atom is -0.338 e. The Kier molecular flexibility index (Phi) is 2.45. The predicted octanol–water partition coefficient (Wildman–Crippen LogP) is 1.29. The summed E-state index contributed by atoms with van der Waals surface area (Å²) in [5.74, 6) is 0.452. The fraction of sp³-hybridized carbons (Fsp3) is 0.231. The molecule has 0 atom stereocenters. The van der Waals surface area contributed by atoms with Crippen LogP contribution in [0, 0.1) is 0 Å². The van der Waals surface area contributed by atoms with E-state index < -0.39 is 5.69 Å². The first-order valence-corrected chi connectivity index (χ1v) is 6.10. The summed E-state index contributed by atoms with van der Waals surface area (Å²) in [5, 5.41) is 3.10. The van der Waals surface area contributed by atoms with Gasteiger partial charge in [0.15, 0.2) is 0 Å². The van der Waals surface area contributed by atoms with Gasteiger partial charge in [0.25, 0.3) is 5.56 Å². The molecule has 0 bridgehead atoms. The number of hydrogen-bond donors (Lipinski definition) is 2. The van der Waals surface area contributed by atoms with Gasteiger partial charge in [0.05, 0.1) is 11.4 Å². The zero-order valence-electron chi connectivity index (χ0n) is 10.7. The molecule has 0 fully saturated rings. The monoisotopic (exact) mass is 258 g/mol. The molecule has 1 aromatic carbocycles. The van der Waals surface area contributed by atoms with Gasteiger partial charge in [-0.2, -0.15) is 0 Å². The molecule has 1 aliphatic heterocycles. The first-order valence-electron chi connectivity index (χ1n) is 6.10. The van der Waals surface area contributed by atoms with Gasteiger partial charge in [0, 0.05) is 13.6 Å². The summed E-state index contributed by atoms with van der Waals surface area (Å²) >= 11 is 0. The van der Waals surface area contributed by atoms with E-state index in [0.29, 0.717) is 18.1 Å². The Morgan fingerprint density at radius 2 is 1.95 bits per heavy atom. The maximum Gasteiger partial charge on any atom is 0.329 e. The van der Waals surface area contributed by atoms with E-state index in [0.717, 1.165) is 15.9 Å². The highest BCUT2D eigenvalue weighted by Gasteiger charge is 2.25. The zero-order chi connectivity index (χ0) is 13.6. The smallest absolute Gasteiger partial charge is 0.329 e. The Morgan fingerprint density at radius 1 is 1.21 bits per heavy atom. The van der Waals surface area contributed by atoms with Gasteiger partial charge >= 0.3 is 5.69 Å². The number of benzene rings is 1. The van der Waals surface area contributed by atoms with Crippen LogP contribution in [0.4, 0.5) is 22.9 Å². The molecule has 1 aliphatic rings. The third-order valence-electron chi connectivity index (χ3n) is 3.32. The van der Waals surface area contributed by atoms with Gasteiger partial charge in [0.2, 0.25) is 0 Å². The van der Waals surface area contributed by atoms with E-state index in [1.165, 1.54) is 7.05 Å². The second kappa shape index (κ2) is 4.01. The number of aromatic nitrogens is 2. The Morgan fingerprint density at radius 3 is 2.68 bits per heavy atom. The number of para-hydroxylation sites is 2. The van der Waals surface area contributed by atoms with Crippen LogP contribution >= 0.6 is 0 Å². The molecule has 98 valence electrons. The highest BCUT2D eigenvalue weighted by atomic mass is 16.2. The first kappa shape index (κ1) is 11.6. The topological polar surface area (TPSA) is 70.1 Å². The van der Waals surface area contributed by atoms with E-state index in [9.17, 15) is 9.59 Å². The fourth-order valence-electron chi connectivity index (χ4n) is 2.35. The lowest BCUT2D eigenvalue weighted by atomic mass is 10.2. The summed E-state index contributed by atoms with van der Waals surface area (Å²) in [6, 6.07) is 7.68. The molecule has 0 saturated carbocycles. The van der Waals surface area contributed by atoms with Crippen molar-refractivity contribution >= 4 is 22.9 Å². The Labute approximate surface area is 109 Å². The Bertz CT molecular complexity index is 760. The standard InChI is InChI=1S/C13H14N4O2/c1-3-17-9-7-5-4-6-8(9)14-11-10(17)12(18)16(2)13(19)15-11/h4-7,14H,3H2,1-2H3,(H,15,19). The third-order valence-corrected chi connectivity index (χ3v) is 3.32. The van der Waals surface area contributed by atoms with E-state index in [-0.39, 0.29) is 5.56 Å². The van der Waals surface area contributed by atoms with Crippen molar-refractivity contribution in [1.82, 2.24) is 9.55 Å². The SMILES string of the molecule is CCN1c2ccccc2Nc2[nH]c(=O)n(C)c(=O)c21. The van der Waals surface area contributed by atoms with Crippen molar-refractivity contribution in [1.29, 1.82) is 0 Å². The summed E-state index contributed by atoms with van der Waals surface area (Å²) < 4.78 is 1.08. The molecule has 6 heteroatoms.